The number of amides is 4. The van der Waals surface area contributed by atoms with E-state index in [0.29, 0.717) is 49.8 Å². The number of Topliss-reactive ketones (excluding diaryl/α,β-unsaturated/α-hetero) is 1. The number of nitro groups is 1. The van der Waals surface area contributed by atoms with E-state index < -0.39 is 32.9 Å². The summed E-state index contributed by atoms with van der Waals surface area (Å²) in [7, 11) is 0. The van der Waals surface area contributed by atoms with Gasteiger partial charge in [0, 0.05) is 47.3 Å². The van der Waals surface area contributed by atoms with E-state index in [4.69, 9.17) is 9.47 Å². The Balaban J connectivity index is 0.847. The molecule has 1 aliphatic carbocycles. The number of ketones is 1. The van der Waals surface area contributed by atoms with E-state index >= 15 is 0 Å². The van der Waals surface area contributed by atoms with Crippen LogP contribution in [0.4, 0.5) is 10.5 Å². The number of nitrogens with zero attached hydrogens (tertiary/aromatic N) is 2. The number of rotatable bonds is 18. The van der Waals surface area contributed by atoms with E-state index in [1.54, 1.807) is 44.7 Å². The van der Waals surface area contributed by atoms with Gasteiger partial charge in [-0.3, -0.25) is 29.3 Å². The molecule has 15 heteroatoms. The highest BCUT2D eigenvalue weighted by molar-refractivity contribution is 8.00. The van der Waals surface area contributed by atoms with Crippen LogP contribution in [0.15, 0.2) is 36.4 Å². The normalized spacial score (nSPS) is 30.7. The number of hydrogen-bond acceptors (Lipinski definition) is 10. The molecule has 1 spiro atoms. The molecular formula is C47H63N5O9S. The predicted molar refractivity (Wildman–Crippen MR) is 238 cm³/mol. The number of thioether (sulfide) groups is 1. The van der Waals surface area contributed by atoms with E-state index in [0.717, 1.165) is 70.0 Å². The van der Waals surface area contributed by atoms with Gasteiger partial charge in [0.25, 0.3) is 11.6 Å². The highest BCUT2D eigenvalue weighted by atomic mass is 32.2. The fourth-order valence-corrected chi connectivity index (χ4v) is 11.7. The van der Waals surface area contributed by atoms with Crippen molar-refractivity contribution in [2.24, 2.45) is 11.3 Å². The maximum absolute atomic E-state index is 14.3. The SMILES string of the molecule is CC1C(C)(C)C(=O)C(c2ccc3c(c2[N+](=O)[O-])C=CC(C)(C/C=C/CCCCCCCCOC(=O)CCCCC2SCC4NC(=O)NC42)O3)=CC12NC(=O)C1(C)CCCN1C2=O. The molecule has 3 N–H and O–H groups in total. The van der Waals surface area contributed by atoms with Crippen molar-refractivity contribution in [3.8, 4) is 5.75 Å². The zero-order chi connectivity index (χ0) is 44.5. The van der Waals surface area contributed by atoms with Crippen molar-refractivity contribution in [2.45, 2.75) is 159 Å². The first-order valence-corrected chi connectivity index (χ1v) is 23.7. The Labute approximate surface area is 369 Å². The quantitative estimate of drug-likeness (QED) is 0.0332. The van der Waals surface area contributed by atoms with Gasteiger partial charge in [-0.2, -0.15) is 11.8 Å². The van der Waals surface area contributed by atoms with Crippen LogP contribution in [0.3, 0.4) is 0 Å². The molecular weight excluding hydrogens is 811 g/mol. The van der Waals surface area contributed by atoms with E-state index in [9.17, 15) is 34.1 Å². The molecule has 4 amide bonds. The first kappa shape index (κ1) is 45.4. The molecule has 336 valence electrons. The number of piperazine rings is 1. The minimum Gasteiger partial charge on any atom is -0.482 e. The first-order valence-electron chi connectivity index (χ1n) is 22.6. The van der Waals surface area contributed by atoms with Crippen LogP contribution in [0.2, 0.25) is 0 Å². The number of nitro benzene ring substituents is 1. The molecule has 4 saturated heterocycles. The Morgan fingerprint density at radius 3 is 2.55 bits per heavy atom. The Bertz CT molecular complexity index is 2070. The minimum absolute atomic E-state index is 0.0420. The van der Waals surface area contributed by atoms with Crippen LogP contribution >= 0.6 is 11.8 Å². The molecule has 7 rings (SSSR count). The number of carbonyl (C=O) groups is 5. The number of benzene rings is 1. The van der Waals surface area contributed by atoms with Crippen LogP contribution in [0, 0.1) is 21.4 Å². The van der Waals surface area contributed by atoms with Crippen LogP contribution in [-0.4, -0.2) is 92.3 Å². The predicted octanol–water partition coefficient (Wildman–Crippen LogP) is 7.58. The van der Waals surface area contributed by atoms with Crippen molar-refractivity contribution in [3.05, 3.63) is 57.7 Å². The summed E-state index contributed by atoms with van der Waals surface area (Å²) in [6.45, 7) is 9.84. The van der Waals surface area contributed by atoms with Crippen molar-refractivity contribution in [3.63, 3.8) is 0 Å². The van der Waals surface area contributed by atoms with Gasteiger partial charge >= 0.3 is 12.0 Å². The molecule has 14 nitrogen and oxygen atoms in total. The lowest BCUT2D eigenvalue weighted by molar-refractivity contribution is -0.385. The van der Waals surface area contributed by atoms with E-state index in [1.807, 2.05) is 24.8 Å². The molecule has 0 aromatic heterocycles. The topological polar surface area (TPSA) is 186 Å². The lowest BCUT2D eigenvalue weighted by atomic mass is 9.58. The maximum atomic E-state index is 14.3. The summed E-state index contributed by atoms with van der Waals surface area (Å²) in [5, 5.41) is 22.2. The Morgan fingerprint density at radius 2 is 1.77 bits per heavy atom. The van der Waals surface area contributed by atoms with Gasteiger partial charge in [-0.15, -0.1) is 0 Å². The van der Waals surface area contributed by atoms with Crippen molar-refractivity contribution in [1.82, 2.24) is 20.9 Å². The maximum Gasteiger partial charge on any atom is 0.315 e. The van der Waals surface area contributed by atoms with Crippen LogP contribution in [0.25, 0.3) is 11.6 Å². The number of fused-ring (bicyclic) bond motifs is 3. The van der Waals surface area contributed by atoms with Gasteiger partial charge in [0.15, 0.2) is 5.78 Å². The standard InChI is InChI=1S/C47H63N5O9S/c1-30-44(2,3)40(54)33(28-47(30)42(56)51-26-17-24-46(51,5)41(55)50-47)31-20-21-35-32(39(31)52(58)59)22-25-45(4,61-35)23-15-11-9-7-6-8-10-12-16-27-60-37(53)19-14-13-18-36-38-34(29-62-36)48-43(57)49-38/h11,15,20-22,25,28,30,34,36,38H,6-10,12-14,16-19,23-24,26-27,29H2,1-5H3,(H,50,55)(H2,48,49,57)/b15-11+. The van der Waals surface area contributed by atoms with Gasteiger partial charge in [-0.25, -0.2) is 4.79 Å². The van der Waals surface area contributed by atoms with Crippen molar-refractivity contribution in [1.29, 1.82) is 0 Å². The van der Waals surface area contributed by atoms with E-state index in [1.165, 1.54) is 12.1 Å². The summed E-state index contributed by atoms with van der Waals surface area (Å²) >= 11 is 1.90. The number of esters is 1. The Morgan fingerprint density at radius 1 is 1.02 bits per heavy atom. The van der Waals surface area contributed by atoms with Crippen molar-refractivity contribution in [2.75, 3.05) is 18.9 Å². The van der Waals surface area contributed by atoms with Crippen molar-refractivity contribution < 1.29 is 38.4 Å². The Kier molecular flexibility index (Phi) is 13.3. The molecule has 7 atom stereocenters. The summed E-state index contributed by atoms with van der Waals surface area (Å²) in [6.07, 6.45) is 21.4. The van der Waals surface area contributed by atoms with Crippen molar-refractivity contribution >= 4 is 58.7 Å². The molecule has 5 heterocycles. The molecule has 62 heavy (non-hydrogen) atoms. The number of allylic oxidation sites excluding steroid dienone is 2. The third-order valence-corrected chi connectivity index (χ3v) is 15.9. The van der Waals surface area contributed by atoms with Crippen LogP contribution in [0.1, 0.15) is 136 Å². The lowest BCUT2D eigenvalue weighted by Gasteiger charge is -2.54. The second-order valence-electron chi connectivity index (χ2n) is 19.0. The second-order valence-corrected chi connectivity index (χ2v) is 20.3. The third kappa shape index (κ3) is 8.79. The lowest BCUT2D eigenvalue weighted by Crippen LogP contribution is -2.76. The smallest absolute Gasteiger partial charge is 0.315 e. The molecule has 7 unspecified atom stereocenters. The molecule has 0 bridgehead atoms. The first-order chi connectivity index (χ1) is 29.5. The van der Waals surface area contributed by atoms with Crippen LogP contribution in [-0.2, 0) is 23.9 Å². The van der Waals surface area contributed by atoms with Gasteiger partial charge < -0.3 is 30.3 Å². The van der Waals surface area contributed by atoms with E-state index in [-0.39, 0.29) is 64.1 Å². The average Bonchev–Trinajstić information content (AvgIpc) is 3.93. The molecule has 5 aliphatic heterocycles. The molecule has 1 aromatic rings. The molecule has 0 saturated carbocycles. The fourth-order valence-electron chi connectivity index (χ4n) is 10.2. The highest BCUT2D eigenvalue weighted by Gasteiger charge is 2.64. The zero-order valence-electron chi connectivity index (χ0n) is 36.8. The molecule has 4 fully saturated rings. The largest absolute Gasteiger partial charge is 0.482 e. The van der Waals surface area contributed by atoms with Crippen LogP contribution < -0.4 is 20.7 Å². The average molecular weight is 874 g/mol. The van der Waals surface area contributed by atoms with Gasteiger partial charge in [-0.05, 0) is 89.2 Å². The highest BCUT2D eigenvalue weighted by Crippen LogP contribution is 2.52. The summed E-state index contributed by atoms with van der Waals surface area (Å²) in [5.74, 6) is -0.372. The summed E-state index contributed by atoms with van der Waals surface area (Å²) in [6, 6.07) is 3.55. The molecule has 6 aliphatic rings. The minimum atomic E-state index is -1.54. The number of nitrogens with one attached hydrogen (secondary N) is 3. The van der Waals surface area contributed by atoms with E-state index in [2.05, 4.69) is 28.1 Å². The fraction of sp³-hybridized carbons (Fsp3) is 0.638. The van der Waals surface area contributed by atoms with Gasteiger partial charge in [0.05, 0.1) is 34.7 Å². The summed E-state index contributed by atoms with van der Waals surface area (Å²) < 4.78 is 11.8. The zero-order valence-corrected chi connectivity index (χ0v) is 37.7. The number of urea groups is 1. The van der Waals surface area contributed by atoms with Gasteiger partial charge in [-0.1, -0.05) is 65.0 Å². The Hall–Kier alpha value is -4.66. The number of carbonyl (C=O) groups excluding carboxylic acids is 5. The van der Waals surface area contributed by atoms with Gasteiger partial charge in [0.1, 0.15) is 22.4 Å². The molecule has 0 radical (unpaired) electrons. The monoisotopic (exact) mass is 873 g/mol. The molecule has 1 aromatic carbocycles. The number of unbranched alkanes of at least 4 members (excludes halogenated alkanes) is 7. The third-order valence-electron chi connectivity index (χ3n) is 14.4. The summed E-state index contributed by atoms with van der Waals surface area (Å²) in [4.78, 5) is 79.8. The summed E-state index contributed by atoms with van der Waals surface area (Å²) in [5.41, 5.74) is -4.27. The number of hydrogen-bond donors (Lipinski definition) is 3. The van der Waals surface area contributed by atoms with Gasteiger partial charge in [0.2, 0.25) is 5.91 Å². The van der Waals surface area contributed by atoms with Crippen LogP contribution in [0.5, 0.6) is 5.75 Å². The second kappa shape index (κ2) is 18.2. The number of ether oxygens (including phenoxy) is 2.